The predicted molar refractivity (Wildman–Crippen MR) is 130 cm³/mol. The van der Waals surface area contributed by atoms with E-state index in [1.807, 2.05) is 78.9 Å². The Hall–Kier alpha value is -3.80. The van der Waals surface area contributed by atoms with Crippen molar-refractivity contribution in [2.45, 2.75) is 31.8 Å². The fraction of sp³-hybridized carbons (Fsp3) is 0.286. The first-order valence-corrected chi connectivity index (χ1v) is 11.4. The lowest BCUT2D eigenvalue weighted by molar-refractivity contribution is -0.137. The number of carboxylic acid groups (broad SMARTS) is 1. The van der Waals surface area contributed by atoms with E-state index >= 15 is 0 Å². The van der Waals surface area contributed by atoms with Crippen LogP contribution in [0.1, 0.15) is 41.9 Å². The van der Waals surface area contributed by atoms with Crippen LogP contribution >= 0.6 is 0 Å². The molecule has 1 atom stereocenters. The summed E-state index contributed by atoms with van der Waals surface area (Å²) in [5, 5.41) is 13.3. The van der Waals surface area contributed by atoms with Gasteiger partial charge in [0.2, 0.25) is 0 Å². The minimum Gasteiger partial charge on any atom is -0.489 e. The van der Waals surface area contributed by atoms with Crippen molar-refractivity contribution in [2.24, 2.45) is 11.1 Å². The topological polar surface area (TPSA) is 77.3 Å². The Morgan fingerprint density at radius 2 is 1.59 bits per heavy atom. The lowest BCUT2D eigenvalue weighted by Gasteiger charge is -2.15. The van der Waals surface area contributed by atoms with Gasteiger partial charge in [-0.1, -0.05) is 59.8 Å². The number of benzene rings is 3. The molecule has 176 valence electrons. The first-order valence-electron chi connectivity index (χ1n) is 11.4. The Balaban J connectivity index is 1.29. The third-order valence-electron chi connectivity index (χ3n) is 5.91. The highest BCUT2D eigenvalue weighted by Gasteiger charge is 2.33. The number of hydrogen-bond donors (Lipinski definition) is 1. The van der Waals surface area contributed by atoms with Gasteiger partial charge in [-0.05, 0) is 60.1 Å². The Morgan fingerprint density at radius 3 is 2.21 bits per heavy atom. The maximum Gasteiger partial charge on any atom is 0.303 e. The zero-order chi connectivity index (χ0) is 23.8. The van der Waals surface area contributed by atoms with Crippen molar-refractivity contribution in [3.63, 3.8) is 0 Å². The van der Waals surface area contributed by atoms with Crippen LogP contribution in [0.25, 0.3) is 0 Å². The molecule has 6 heteroatoms. The highest BCUT2D eigenvalue weighted by atomic mass is 16.6. The van der Waals surface area contributed by atoms with Gasteiger partial charge in [0.25, 0.3) is 0 Å². The first kappa shape index (κ1) is 23.4. The molecule has 1 aliphatic rings. The van der Waals surface area contributed by atoms with Crippen LogP contribution in [-0.4, -0.2) is 30.5 Å². The van der Waals surface area contributed by atoms with Gasteiger partial charge in [0, 0.05) is 5.56 Å². The Labute approximate surface area is 199 Å². The lowest BCUT2D eigenvalue weighted by atomic mass is 9.91. The van der Waals surface area contributed by atoms with Crippen LogP contribution < -0.4 is 9.47 Å². The molecule has 1 fully saturated rings. The molecule has 0 aromatic heterocycles. The van der Waals surface area contributed by atoms with E-state index in [9.17, 15) is 9.90 Å². The molecule has 1 saturated carbocycles. The molecule has 0 saturated heterocycles. The van der Waals surface area contributed by atoms with E-state index in [0.29, 0.717) is 24.8 Å². The van der Waals surface area contributed by atoms with E-state index in [2.05, 4.69) is 5.16 Å². The quantitative estimate of drug-likeness (QED) is 0.279. The van der Waals surface area contributed by atoms with E-state index in [1.54, 1.807) is 0 Å². The summed E-state index contributed by atoms with van der Waals surface area (Å²) >= 11 is 0. The third kappa shape index (κ3) is 6.61. The van der Waals surface area contributed by atoms with Gasteiger partial charge in [-0.2, -0.15) is 0 Å². The number of nitrogens with zero attached hydrogens (tertiary/aromatic N) is 1. The molecule has 0 spiro atoms. The number of ether oxygens (including phenoxy) is 2. The van der Waals surface area contributed by atoms with E-state index in [-0.39, 0.29) is 12.3 Å². The molecule has 0 aliphatic heterocycles. The minimum absolute atomic E-state index is 0.0930. The second-order valence-corrected chi connectivity index (χ2v) is 8.42. The summed E-state index contributed by atoms with van der Waals surface area (Å²) in [6, 6.07) is 25.3. The highest BCUT2D eigenvalue weighted by Crippen LogP contribution is 2.44. The summed E-state index contributed by atoms with van der Waals surface area (Å²) in [6.07, 6.45) is 2.41. The van der Waals surface area contributed by atoms with E-state index in [0.717, 1.165) is 41.0 Å². The van der Waals surface area contributed by atoms with Crippen molar-refractivity contribution in [2.75, 3.05) is 13.7 Å². The number of carbonyl (C=O) groups is 1. The smallest absolute Gasteiger partial charge is 0.303 e. The van der Waals surface area contributed by atoms with Gasteiger partial charge in [-0.25, -0.2) is 0 Å². The largest absolute Gasteiger partial charge is 0.489 e. The zero-order valence-corrected chi connectivity index (χ0v) is 19.2. The second-order valence-electron chi connectivity index (χ2n) is 8.42. The maximum absolute atomic E-state index is 11.2. The summed E-state index contributed by atoms with van der Waals surface area (Å²) in [6.45, 7) is 0.727. The number of carboxylic acids is 1. The summed E-state index contributed by atoms with van der Waals surface area (Å²) in [5.41, 5.74) is 3.76. The molecule has 3 aromatic rings. The number of oxime groups is 1. The third-order valence-corrected chi connectivity index (χ3v) is 5.91. The molecule has 0 radical (unpaired) electrons. The molecule has 0 bridgehead atoms. The molecule has 6 nitrogen and oxygen atoms in total. The van der Waals surface area contributed by atoms with Crippen molar-refractivity contribution >= 4 is 11.7 Å². The van der Waals surface area contributed by atoms with E-state index in [1.165, 1.54) is 7.11 Å². The van der Waals surface area contributed by atoms with Gasteiger partial charge in [-0.3, -0.25) is 4.79 Å². The monoisotopic (exact) mass is 459 g/mol. The molecule has 3 aromatic carbocycles. The molecule has 4 rings (SSSR count). The van der Waals surface area contributed by atoms with Gasteiger partial charge in [-0.15, -0.1) is 0 Å². The lowest BCUT2D eigenvalue weighted by Crippen LogP contribution is -2.13. The number of aliphatic carboxylic acids is 1. The van der Waals surface area contributed by atoms with Crippen molar-refractivity contribution in [3.8, 4) is 11.5 Å². The van der Waals surface area contributed by atoms with Crippen LogP contribution in [0, 0.1) is 5.92 Å². The zero-order valence-electron chi connectivity index (χ0n) is 19.2. The maximum atomic E-state index is 11.2. The SMILES string of the molecule is CON=C(COc1ccc(COc2ccc(C(CC(=O)O)C3CC3)cc2)cc1)c1ccccc1. The number of rotatable bonds is 12. The van der Waals surface area contributed by atoms with Crippen molar-refractivity contribution in [1.82, 2.24) is 0 Å². The normalized spacial score (nSPS) is 14.3. The molecular formula is C28H29NO5. The highest BCUT2D eigenvalue weighted by molar-refractivity contribution is 6.01. The fourth-order valence-electron chi connectivity index (χ4n) is 3.96. The van der Waals surface area contributed by atoms with Gasteiger partial charge in [0.05, 0.1) is 6.42 Å². The van der Waals surface area contributed by atoms with Crippen molar-refractivity contribution in [3.05, 3.63) is 95.6 Å². The van der Waals surface area contributed by atoms with Gasteiger partial charge in [0.1, 0.15) is 37.5 Å². The summed E-state index contributed by atoms with van der Waals surface area (Å²) in [4.78, 5) is 16.1. The van der Waals surface area contributed by atoms with Gasteiger partial charge < -0.3 is 19.4 Å². The molecular weight excluding hydrogens is 430 g/mol. The van der Waals surface area contributed by atoms with Crippen molar-refractivity contribution < 1.29 is 24.2 Å². The Morgan fingerprint density at radius 1 is 0.941 bits per heavy atom. The first-order chi connectivity index (χ1) is 16.6. The summed E-state index contributed by atoms with van der Waals surface area (Å²) in [5.74, 6) is 1.34. The average molecular weight is 460 g/mol. The molecule has 1 aliphatic carbocycles. The minimum atomic E-state index is -0.744. The summed E-state index contributed by atoms with van der Waals surface area (Å²) < 4.78 is 11.8. The van der Waals surface area contributed by atoms with Crippen LogP contribution in [0.3, 0.4) is 0 Å². The van der Waals surface area contributed by atoms with Crippen LogP contribution in [-0.2, 0) is 16.2 Å². The van der Waals surface area contributed by atoms with Gasteiger partial charge >= 0.3 is 5.97 Å². The van der Waals surface area contributed by atoms with Crippen LogP contribution in [0.4, 0.5) is 0 Å². The van der Waals surface area contributed by atoms with Crippen LogP contribution in [0.5, 0.6) is 11.5 Å². The summed E-state index contributed by atoms with van der Waals surface area (Å²) in [7, 11) is 1.52. The molecule has 34 heavy (non-hydrogen) atoms. The van der Waals surface area contributed by atoms with Crippen LogP contribution in [0.2, 0.25) is 0 Å². The molecule has 1 unspecified atom stereocenters. The predicted octanol–water partition coefficient (Wildman–Crippen LogP) is 5.66. The van der Waals surface area contributed by atoms with Gasteiger partial charge in [0.15, 0.2) is 0 Å². The van der Waals surface area contributed by atoms with Crippen LogP contribution in [0.15, 0.2) is 84.0 Å². The Bertz CT molecular complexity index is 1090. The number of hydrogen-bond acceptors (Lipinski definition) is 5. The average Bonchev–Trinajstić information content (AvgIpc) is 3.71. The fourth-order valence-corrected chi connectivity index (χ4v) is 3.96. The second kappa shape index (κ2) is 11.4. The van der Waals surface area contributed by atoms with Crippen molar-refractivity contribution in [1.29, 1.82) is 0 Å². The molecule has 0 heterocycles. The molecule has 1 N–H and O–H groups in total. The standard InChI is InChI=1S/C28H29NO5/c1-32-29-27(23-5-3-2-4-6-23)19-34-24-13-7-20(8-14-24)18-33-25-15-11-22(12-16-25)26(17-28(30)31)21-9-10-21/h2-8,11-16,21,26H,9-10,17-19H2,1H3,(H,30,31). The van der Waals surface area contributed by atoms with E-state index < -0.39 is 5.97 Å². The molecule has 0 amide bonds. The van der Waals surface area contributed by atoms with E-state index in [4.69, 9.17) is 14.3 Å². The Kier molecular flexibility index (Phi) is 7.81.